The van der Waals surface area contributed by atoms with E-state index in [1.54, 1.807) is 0 Å². The van der Waals surface area contributed by atoms with Crippen LogP contribution in [0.3, 0.4) is 0 Å². The molecule has 6 nitrogen and oxygen atoms in total. The maximum atomic E-state index is 12.7. The smallest absolute Gasteiger partial charge is 0.309 e. The van der Waals surface area contributed by atoms with Gasteiger partial charge < -0.3 is 15.4 Å². The topological polar surface area (TPSA) is 84.5 Å². The first-order valence-corrected chi connectivity index (χ1v) is 7.53. The molecule has 1 aliphatic rings. The fourth-order valence-corrected chi connectivity index (χ4v) is 2.38. The van der Waals surface area contributed by atoms with Crippen LogP contribution < -0.4 is 10.6 Å². The number of carbonyl (C=O) groups excluding carboxylic acids is 3. The molecule has 0 unspecified atom stereocenters. The highest BCUT2D eigenvalue weighted by atomic mass is 19.1. The minimum Gasteiger partial charge on any atom is -0.455 e. The van der Waals surface area contributed by atoms with Crippen molar-refractivity contribution in [3.63, 3.8) is 0 Å². The molecule has 2 rings (SSSR count). The van der Waals surface area contributed by atoms with Crippen LogP contribution in [0.15, 0.2) is 24.3 Å². The number of halogens is 1. The summed E-state index contributed by atoms with van der Waals surface area (Å²) in [4.78, 5) is 34.8. The SMILES string of the molecule is O=C(COC(=O)C1CCCC1)NCC(=O)Nc1ccc(F)cc1. The highest BCUT2D eigenvalue weighted by Gasteiger charge is 2.24. The van der Waals surface area contributed by atoms with Gasteiger partial charge in [0.25, 0.3) is 5.91 Å². The van der Waals surface area contributed by atoms with Crippen molar-refractivity contribution in [3.8, 4) is 0 Å². The highest BCUT2D eigenvalue weighted by Crippen LogP contribution is 2.25. The normalized spacial score (nSPS) is 14.3. The van der Waals surface area contributed by atoms with Crippen LogP contribution in [-0.4, -0.2) is 30.9 Å². The Hall–Kier alpha value is -2.44. The van der Waals surface area contributed by atoms with Crippen LogP contribution in [-0.2, 0) is 19.1 Å². The first kappa shape index (κ1) is 16.9. The molecule has 0 heterocycles. The predicted octanol–water partition coefficient (Wildman–Crippen LogP) is 1.61. The number of hydrogen-bond donors (Lipinski definition) is 2. The number of benzene rings is 1. The largest absolute Gasteiger partial charge is 0.455 e. The van der Waals surface area contributed by atoms with Crippen molar-refractivity contribution in [2.45, 2.75) is 25.7 Å². The molecular weight excluding hydrogens is 303 g/mol. The number of anilines is 1. The van der Waals surface area contributed by atoms with Gasteiger partial charge in [-0.05, 0) is 37.1 Å². The van der Waals surface area contributed by atoms with Gasteiger partial charge in [-0.15, -0.1) is 0 Å². The minimum atomic E-state index is -0.536. The van der Waals surface area contributed by atoms with Gasteiger partial charge in [-0.1, -0.05) is 12.8 Å². The fourth-order valence-electron chi connectivity index (χ4n) is 2.38. The molecule has 7 heteroatoms. The molecule has 124 valence electrons. The third-order valence-electron chi connectivity index (χ3n) is 3.61. The summed E-state index contributed by atoms with van der Waals surface area (Å²) < 4.78 is 17.7. The second kappa shape index (κ2) is 8.26. The van der Waals surface area contributed by atoms with Crippen LogP contribution in [0.1, 0.15) is 25.7 Å². The van der Waals surface area contributed by atoms with Crippen molar-refractivity contribution in [3.05, 3.63) is 30.1 Å². The van der Waals surface area contributed by atoms with Gasteiger partial charge in [-0.2, -0.15) is 0 Å². The lowest BCUT2D eigenvalue weighted by molar-refractivity contribution is -0.152. The molecule has 2 N–H and O–H groups in total. The third kappa shape index (κ3) is 5.69. The molecule has 1 aromatic rings. The van der Waals surface area contributed by atoms with Crippen LogP contribution in [0.2, 0.25) is 0 Å². The van der Waals surface area contributed by atoms with Gasteiger partial charge in [0.1, 0.15) is 5.82 Å². The van der Waals surface area contributed by atoms with E-state index in [4.69, 9.17) is 4.74 Å². The van der Waals surface area contributed by atoms with Crippen LogP contribution >= 0.6 is 0 Å². The van der Waals surface area contributed by atoms with Crippen molar-refractivity contribution in [2.75, 3.05) is 18.5 Å². The Morgan fingerprint density at radius 1 is 1.09 bits per heavy atom. The van der Waals surface area contributed by atoms with E-state index in [1.165, 1.54) is 24.3 Å². The van der Waals surface area contributed by atoms with Gasteiger partial charge in [0.2, 0.25) is 5.91 Å². The molecule has 0 saturated heterocycles. The van der Waals surface area contributed by atoms with Gasteiger partial charge in [0, 0.05) is 5.69 Å². The van der Waals surface area contributed by atoms with E-state index in [0.717, 1.165) is 25.7 Å². The van der Waals surface area contributed by atoms with Crippen molar-refractivity contribution in [1.82, 2.24) is 5.32 Å². The summed E-state index contributed by atoms with van der Waals surface area (Å²) >= 11 is 0. The van der Waals surface area contributed by atoms with Crippen molar-refractivity contribution >= 4 is 23.5 Å². The van der Waals surface area contributed by atoms with Gasteiger partial charge in [0.15, 0.2) is 6.61 Å². The van der Waals surface area contributed by atoms with E-state index in [9.17, 15) is 18.8 Å². The molecule has 0 spiro atoms. The molecule has 0 bridgehead atoms. The van der Waals surface area contributed by atoms with Gasteiger partial charge in [-0.3, -0.25) is 14.4 Å². The van der Waals surface area contributed by atoms with Gasteiger partial charge in [-0.25, -0.2) is 4.39 Å². The summed E-state index contributed by atoms with van der Waals surface area (Å²) in [6.45, 7) is -0.643. The lowest BCUT2D eigenvalue weighted by Crippen LogP contribution is -2.36. The number of nitrogens with one attached hydrogen (secondary N) is 2. The molecule has 23 heavy (non-hydrogen) atoms. The third-order valence-corrected chi connectivity index (χ3v) is 3.61. The van der Waals surface area contributed by atoms with Crippen LogP contribution in [0.25, 0.3) is 0 Å². The molecule has 1 saturated carbocycles. The summed E-state index contributed by atoms with van der Waals surface area (Å²) in [5, 5.41) is 4.86. The van der Waals surface area contributed by atoms with Crippen LogP contribution in [0.5, 0.6) is 0 Å². The first-order valence-electron chi connectivity index (χ1n) is 7.53. The number of ether oxygens (including phenoxy) is 1. The summed E-state index contributed by atoms with van der Waals surface area (Å²) in [7, 11) is 0. The van der Waals surface area contributed by atoms with Crippen molar-refractivity contribution < 1.29 is 23.5 Å². The maximum Gasteiger partial charge on any atom is 0.309 e. The highest BCUT2D eigenvalue weighted by molar-refractivity contribution is 5.94. The van der Waals surface area contributed by atoms with E-state index < -0.39 is 17.6 Å². The summed E-state index contributed by atoms with van der Waals surface area (Å²) in [6.07, 6.45) is 3.63. The minimum absolute atomic E-state index is 0.107. The Bertz CT molecular complexity index is 568. The number of amides is 2. The first-order chi connectivity index (χ1) is 11.0. The van der Waals surface area contributed by atoms with E-state index in [-0.39, 0.29) is 25.0 Å². The zero-order chi connectivity index (χ0) is 16.7. The monoisotopic (exact) mass is 322 g/mol. The average Bonchev–Trinajstić information content (AvgIpc) is 3.07. The molecule has 1 fully saturated rings. The lowest BCUT2D eigenvalue weighted by atomic mass is 10.1. The second-order valence-electron chi connectivity index (χ2n) is 5.42. The molecule has 1 aromatic carbocycles. The summed E-state index contributed by atoms with van der Waals surface area (Å²) in [5.74, 6) is -1.85. The second-order valence-corrected chi connectivity index (χ2v) is 5.42. The summed E-state index contributed by atoms with van der Waals surface area (Å²) in [6, 6.07) is 5.27. The standard InChI is InChI=1S/C16H19FN2O4/c17-12-5-7-13(8-6-12)19-14(20)9-18-15(21)10-23-16(22)11-3-1-2-4-11/h5-8,11H,1-4,9-10H2,(H,18,21)(H,19,20). The number of hydrogen-bond acceptors (Lipinski definition) is 4. The molecule has 0 aromatic heterocycles. The quantitative estimate of drug-likeness (QED) is 0.779. The van der Waals surface area contributed by atoms with Gasteiger partial charge in [0.05, 0.1) is 12.5 Å². The Balaban J connectivity index is 1.64. The Morgan fingerprint density at radius 3 is 2.39 bits per heavy atom. The lowest BCUT2D eigenvalue weighted by Gasteiger charge is -2.10. The maximum absolute atomic E-state index is 12.7. The fraction of sp³-hybridized carbons (Fsp3) is 0.438. The molecule has 0 aliphatic heterocycles. The molecule has 1 aliphatic carbocycles. The van der Waals surface area contributed by atoms with E-state index in [2.05, 4.69) is 10.6 Å². The zero-order valence-corrected chi connectivity index (χ0v) is 12.6. The number of rotatable bonds is 6. The molecular formula is C16H19FN2O4. The summed E-state index contributed by atoms with van der Waals surface area (Å²) in [5.41, 5.74) is 0.429. The number of esters is 1. The van der Waals surface area contributed by atoms with E-state index in [1.807, 2.05) is 0 Å². The Labute approximate surface area is 133 Å². The Morgan fingerprint density at radius 2 is 1.74 bits per heavy atom. The Kier molecular flexibility index (Phi) is 6.08. The zero-order valence-electron chi connectivity index (χ0n) is 12.6. The van der Waals surface area contributed by atoms with E-state index >= 15 is 0 Å². The predicted molar refractivity (Wildman–Crippen MR) is 81.0 cm³/mol. The average molecular weight is 322 g/mol. The van der Waals surface area contributed by atoms with Gasteiger partial charge >= 0.3 is 5.97 Å². The number of carbonyl (C=O) groups is 3. The molecule has 0 atom stereocenters. The molecule has 2 amide bonds. The van der Waals surface area contributed by atoms with Crippen LogP contribution in [0.4, 0.5) is 10.1 Å². The van der Waals surface area contributed by atoms with Crippen molar-refractivity contribution in [1.29, 1.82) is 0 Å². The van der Waals surface area contributed by atoms with Crippen LogP contribution in [0, 0.1) is 11.7 Å². The molecule has 0 radical (unpaired) electrons. The van der Waals surface area contributed by atoms with Crippen molar-refractivity contribution in [2.24, 2.45) is 5.92 Å². The van der Waals surface area contributed by atoms with E-state index in [0.29, 0.717) is 5.69 Å².